The fourth-order valence-corrected chi connectivity index (χ4v) is 2.08. The van der Waals surface area contributed by atoms with Gasteiger partial charge in [0.15, 0.2) is 0 Å². The van der Waals surface area contributed by atoms with Crippen LogP contribution in [0.1, 0.15) is 26.7 Å². The van der Waals surface area contributed by atoms with E-state index in [1.54, 1.807) is 6.20 Å². The highest BCUT2D eigenvalue weighted by atomic mass is 16.2. The van der Waals surface area contributed by atoms with Gasteiger partial charge in [-0.2, -0.15) is 0 Å². The Morgan fingerprint density at radius 3 is 2.90 bits per heavy atom. The Morgan fingerprint density at radius 2 is 2.24 bits per heavy atom. The van der Waals surface area contributed by atoms with Gasteiger partial charge in [-0.15, -0.1) is 0 Å². The van der Waals surface area contributed by atoms with Gasteiger partial charge in [-0.1, -0.05) is 50.3 Å². The van der Waals surface area contributed by atoms with Crippen molar-refractivity contribution in [3.8, 4) is 0 Å². The van der Waals surface area contributed by atoms with Crippen molar-refractivity contribution in [2.45, 2.75) is 26.7 Å². The molecule has 1 unspecified atom stereocenters. The molecule has 21 heavy (non-hydrogen) atoms. The third-order valence-electron chi connectivity index (χ3n) is 3.29. The van der Waals surface area contributed by atoms with Crippen LogP contribution < -0.4 is 0 Å². The van der Waals surface area contributed by atoms with Gasteiger partial charge in [-0.3, -0.25) is 9.79 Å². The molecule has 1 aliphatic carbocycles. The predicted octanol–water partition coefficient (Wildman–Crippen LogP) is 3.55. The lowest BCUT2D eigenvalue weighted by molar-refractivity contribution is -0.105. The molecule has 0 radical (unpaired) electrons. The number of aliphatic imine (C=N–C) groups is 1. The number of allylic oxidation sites excluding steroid dienone is 9. The van der Waals surface area contributed by atoms with E-state index in [0.29, 0.717) is 6.42 Å². The standard InChI is InChI=1S/C18H23NO2/c1-3-17(13-19-11-12-20)18-10-9-16(14-21)8-6-4-5-7-15(18)2/h4-7,9-11,13-15,20H,3,8,12H2,1-2H3/b6-4-,7-5-,16-9+,17-13+,18-10+,19-11?. The van der Waals surface area contributed by atoms with Crippen molar-refractivity contribution in [3.63, 3.8) is 0 Å². The minimum absolute atomic E-state index is 0.0675. The van der Waals surface area contributed by atoms with E-state index < -0.39 is 0 Å². The van der Waals surface area contributed by atoms with E-state index in [1.807, 2.05) is 30.4 Å². The van der Waals surface area contributed by atoms with Gasteiger partial charge >= 0.3 is 0 Å². The Hall–Kier alpha value is -2.00. The lowest BCUT2D eigenvalue weighted by atomic mass is 9.91. The Balaban J connectivity index is 3.19. The number of rotatable bonds is 5. The van der Waals surface area contributed by atoms with Crippen LogP contribution in [0, 0.1) is 5.92 Å². The Kier molecular flexibility index (Phi) is 7.99. The van der Waals surface area contributed by atoms with Crippen LogP contribution in [-0.2, 0) is 4.79 Å². The molecule has 1 aliphatic rings. The number of aliphatic hydroxyl groups excluding tert-OH is 1. The van der Waals surface area contributed by atoms with Crippen molar-refractivity contribution in [1.29, 1.82) is 0 Å². The summed E-state index contributed by atoms with van der Waals surface area (Å²) in [6.07, 6.45) is 17.6. The van der Waals surface area contributed by atoms with Crippen molar-refractivity contribution in [2.24, 2.45) is 10.9 Å². The molecule has 0 aliphatic heterocycles. The highest BCUT2D eigenvalue weighted by Gasteiger charge is 2.09. The molecule has 0 aromatic rings. The second-order valence-electron chi connectivity index (χ2n) is 4.81. The average Bonchev–Trinajstić information content (AvgIpc) is 2.50. The summed E-state index contributed by atoms with van der Waals surface area (Å²) in [6.45, 7) is 4.12. The zero-order valence-corrected chi connectivity index (χ0v) is 12.7. The molecule has 0 heterocycles. The minimum Gasteiger partial charge on any atom is -0.391 e. The zero-order chi connectivity index (χ0) is 15.5. The number of nitrogens with zero attached hydrogens (tertiary/aromatic N) is 1. The van der Waals surface area contributed by atoms with Gasteiger partial charge in [0.2, 0.25) is 0 Å². The van der Waals surface area contributed by atoms with Crippen LogP contribution in [0.3, 0.4) is 0 Å². The van der Waals surface area contributed by atoms with Crippen molar-refractivity contribution in [1.82, 2.24) is 0 Å². The molecule has 0 bridgehead atoms. The molecule has 0 amide bonds. The first-order chi connectivity index (χ1) is 10.2. The number of carbonyl (C=O) groups excluding carboxylic acids is 1. The summed E-state index contributed by atoms with van der Waals surface area (Å²) >= 11 is 0. The van der Waals surface area contributed by atoms with Gasteiger partial charge in [0.25, 0.3) is 0 Å². The van der Waals surface area contributed by atoms with E-state index in [0.717, 1.165) is 29.4 Å². The second-order valence-corrected chi connectivity index (χ2v) is 4.81. The van der Waals surface area contributed by atoms with Crippen molar-refractivity contribution in [2.75, 3.05) is 6.61 Å². The van der Waals surface area contributed by atoms with E-state index in [-0.39, 0.29) is 12.5 Å². The largest absolute Gasteiger partial charge is 0.391 e. The summed E-state index contributed by atoms with van der Waals surface area (Å²) in [6, 6.07) is 0. The van der Waals surface area contributed by atoms with E-state index in [1.165, 1.54) is 6.21 Å². The zero-order valence-electron chi connectivity index (χ0n) is 12.7. The fourth-order valence-electron chi connectivity index (χ4n) is 2.08. The molecular weight excluding hydrogens is 262 g/mol. The maximum atomic E-state index is 11.0. The topological polar surface area (TPSA) is 49.7 Å². The van der Waals surface area contributed by atoms with E-state index in [2.05, 4.69) is 24.9 Å². The molecule has 0 spiro atoms. The maximum absolute atomic E-state index is 11.0. The summed E-state index contributed by atoms with van der Waals surface area (Å²) in [4.78, 5) is 15.1. The molecule has 0 aromatic carbocycles. The molecule has 3 nitrogen and oxygen atoms in total. The van der Waals surface area contributed by atoms with E-state index in [4.69, 9.17) is 5.11 Å². The average molecular weight is 285 g/mol. The lowest BCUT2D eigenvalue weighted by Gasteiger charge is -2.15. The van der Waals surface area contributed by atoms with Gasteiger partial charge < -0.3 is 5.11 Å². The van der Waals surface area contributed by atoms with Crippen molar-refractivity contribution in [3.05, 3.63) is 59.4 Å². The molecule has 1 atom stereocenters. The summed E-state index contributed by atoms with van der Waals surface area (Å²) in [7, 11) is 0. The quantitative estimate of drug-likeness (QED) is 0.620. The number of hydrogen-bond acceptors (Lipinski definition) is 3. The lowest BCUT2D eigenvalue weighted by Crippen LogP contribution is -2.00. The molecule has 0 aromatic heterocycles. The van der Waals surface area contributed by atoms with Crippen LogP contribution in [0.2, 0.25) is 0 Å². The normalized spacial score (nSPS) is 28.3. The first-order valence-electron chi connectivity index (χ1n) is 7.24. The highest BCUT2D eigenvalue weighted by molar-refractivity contribution is 5.74. The van der Waals surface area contributed by atoms with Crippen LogP contribution in [0.5, 0.6) is 0 Å². The molecule has 0 saturated carbocycles. The number of aldehydes is 1. The summed E-state index contributed by atoms with van der Waals surface area (Å²) < 4.78 is 0. The van der Waals surface area contributed by atoms with Gasteiger partial charge in [-0.05, 0) is 35.5 Å². The molecule has 0 saturated heterocycles. The molecule has 0 fully saturated rings. The molecular formula is C18H23NO2. The predicted molar refractivity (Wildman–Crippen MR) is 88.2 cm³/mol. The molecule has 112 valence electrons. The summed E-state index contributed by atoms with van der Waals surface area (Å²) in [5, 5.41) is 8.77. The van der Waals surface area contributed by atoms with Crippen LogP contribution in [0.4, 0.5) is 0 Å². The van der Waals surface area contributed by atoms with E-state index >= 15 is 0 Å². The van der Waals surface area contributed by atoms with Gasteiger partial charge in [0.1, 0.15) is 6.29 Å². The Morgan fingerprint density at radius 1 is 1.43 bits per heavy atom. The number of hydrogen-bond donors (Lipinski definition) is 1. The smallest absolute Gasteiger partial charge is 0.146 e. The summed E-state index contributed by atoms with van der Waals surface area (Å²) in [5.74, 6) is 0.229. The first kappa shape index (κ1) is 17.1. The Labute approximate surface area is 126 Å². The monoisotopic (exact) mass is 285 g/mol. The maximum Gasteiger partial charge on any atom is 0.146 e. The molecule has 1 rings (SSSR count). The summed E-state index contributed by atoms with van der Waals surface area (Å²) in [5.41, 5.74) is 2.99. The molecule has 3 heteroatoms. The third kappa shape index (κ3) is 5.88. The van der Waals surface area contributed by atoms with Gasteiger partial charge in [0, 0.05) is 12.4 Å². The van der Waals surface area contributed by atoms with Crippen LogP contribution in [0.25, 0.3) is 0 Å². The van der Waals surface area contributed by atoms with Gasteiger partial charge in [-0.25, -0.2) is 0 Å². The fraction of sp³-hybridized carbons (Fsp3) is 0.333. The minimum atomic E-state index is -0.0675. The van der Waals surface area contributed by atoms with Crippen LogP contribution >= 0.6 is 0 Å². The highest BCUT2D eigenvalue weighted by Crippen LogP contribution is 2.25. The van der Waals surface area contributed by atoms with Crippen molar-refractivity contribution >= 4 is 12.5 Å². The number of carbonyl (C=O) groups is 1. The SMILES string of the molecule is CCC(=C\N=CCO)/C1=C/C=C(/C=O)C/C=C\C=C/C1C. The second kappa shape index (κ2) is 9.83. The Bertz CT molecular complexity index is 519. The van der Waals surface area contributed by atoms with Crippen LogP contribution in [0.15, 0.2) is 64.4 Å². The third-order valence-corrected chi connectivity index (χ3v) is 3.29. The van der Waals surface area contributed by atoms with E-state index in [9.17, 15) is 4.79 Å². The molecule has 1 N–H and O–H groups in total. The van der Waals surface area contributed by atoms with Crippen molar-refractivity contribution < 1.29 is 9.90 Å². The number of aliphatic hydroxyl groups is 1. The van der Waals surface area contributed by atoms with Crippen LogP contribution in [-0.4, -0.2) is 24.2 Å². The first-order valence-corrected chi connectivity index (χ1v) is 7.24. The van der Waals surface area contributed by atoms with Gasteiger partial charge in [0.05, 0.1) is 6.61 Å².